The van der Waals surface area contributed by atoms with Gasteiger partial charge < -0.3 is 19.7 Å². The zero-order valence-corrected chi connectivity index (χ0v) is 14.8. The lowest BCUT2D eigenvalue weighted by molar-refractivity contribution is 0.0983. The van der Waals surface area contributed by atoms with Crippen molar-refractivity contribution in [2.24, 2.45) is 0 Å². The number of carbonyl (C=O) groups excluding carboxylic acids is 1. The van der Waals surface area contributed by atoms with Gasteiger partial charge in [-0.1, -0.05) is 18.2 Å². The quantitative estimate of drug-likeness (QED) is 0.747. The topological polar surface area (TPSA) is 76.6 Å². The molecule has 1 amide bonds. The van der Waals surface area contributed by atoms with Gasteiger partial charge in [-0.2, -0.15) is 0 Å². The van der Waals surface area contributed by atoms with Gasteiger partial charge in [0.1, 0.15) is 17.8 Å². The van der Waals surface area contributed by atoms with Crippen LogP contribution in [0.4, 0.5) is 17.2 Å². The van der Waals surface area contributed by atoms with Gasteiger partial charge in [0.25, 0.3) is 5.91 Å². The van der Waals surface area contributed by atoms with Crippen LogP contribution >= 0.6 is 0 Å². The fourth-order valence-corrected chi connectivity index (χ4v) is 2.85. The van der Waals surface area contributed by atoms with Gasteiger partial charge >= 0.3 is 0 Å². The Balaban J connectivity index is 1.56. The number of fused-ring (bicyclic) bond motifs is 1. The summed E-state index contributed by atoms with van der Waals surface area (Å²) in [7, 11) is 0. The molecule has 0 unspecified atom stereocenters. The average molecular weight is 362 g/mol. The smallest absolute Gasteiger partial charge is 0.277 e. The molecule has 136 valence electrons. The van der Waals surface area contributed by atoms with E-state index in [-0.39, 0.29) is 12.7 Å². The number of ether oxygens (including phenoxy) is 2. The Hall–Kier alpha value is -3.61. The summed E-state index contributed by atoms with van der Waals surface area (Å²) in [6.45, 7) is 2.69. The van der Waals surface area contributed by atoms with E-state index < -0.39 is 0 Å². The number of benzene rings is 2. The second-order valence-electron chi connectivity index (χ2n) is 5.87. The molecule has 0 bridgehead atoms. The van der Waals surface area contributed by atoms with E-state index in [9.17, 15) is 4.79 Å². The largest absolute Gasteiger partial charge is 0.454 e. The van der Waals surface area contributed by atoms with E-state index in [1.165, 1.54) is 6.33 Å². The fourth-order valence-electron chi connectivity index (χ4n) is 2.85. The van der Waals surface area contributed by atoms with Crippen LogP contribution in [0.5, 0.6) is 11.5 Å². The minimum absolute atomic E-state index is 0.181. The minimum atomic E-state index is -0.181. The number of para-hydroxylation sites is 1. The standard InChI is InChI=1S/C20H18N4O3/c1-2-24(15-6-4-3-5-7-15)20(25)16-11-19(22-12-21-16)23-14-8-9-17-18(10-14)27-13-26-17/h3-12H,2,13H2,1H3,(H,21,22,23). The van der Waals surface area contributed by atoms with Crippen molar-refractivity contribution < 1.29 is 14.3 Å². The van der Waals surface area contributed by atoms with Crippen LogP contribution in [0.2, 0.25) is 0 Å². The molecule has 2 heterocycles. The minimum Gasteiger partial charge on any atom is -0.454 e. The van der Waals surface area contributed by atoms with Gasteiger partial charge in [-0.05, 0) is 31.2 Å². The van der Waals surface area contributed by atoms with E-state index in [2.05, 4.69) is 15.3 Å². The van der Waals surface area contributed by atoms with E-state index in [0.29, 0.717) is 29.6 Å². The predicted molar refractivity (Wildman–Crippen MR) is 102 cm³/mol. The zero-order valence-electron chi connectivity index (χ0n) is 14.8. The molecule has 4 rings (SSSR count). The van der Waals surface area contributed by atoms with Crippen LogP contribution in [-0.4, -0.2) is 29.2 Å². The highest BCUT2D eigenvalue weighted by Gasteiger charge is 2.18. The summed E-state index contributed by atoms with van der Waals surface area (Å²) < 4.78 is 10.7. The van der Waals surface area contributed by atoms with Crippen molar-refractivity contribution in [3.8, 4) is 11.5 Å². The summed E-state index contributed by atoms with van der Waals surface area (Å²) in [6.07, 6.45) is 1.38. The van der Waals surface area contributed by atoms with Gasteiger partial charge in [-0.25, -0.2) is 9.97 Å². The lowest BCUT2D eigenvalue weighted by Gasteiger charge is -2.20. The number of amides is 1. The third-order valence-electron chi connectivity index (χ3n) is 4.16. The highest BCUT2D eigenvalue weighted by Crippen LogP contribution is 2.34. The number of nitrogens with zero attached hydrogens (tertiary/aromatic N) is 3. The molecule has 2 aromatic carbocycles. The van der Waals surface area contributed by atoms with E-state index in [1.807, 2.05) is 55.5 Å². The monoisotopic (exact) mass is 362 g/mol. The SMILES string of the molecule is CCN(C(=O)c1cc(Nc2ccc3c(c2)OCO3)ncn1)c1ccccc1. The average Bonchev–Trinajstić information content (AvgIpc) is 3.17. The molecule has 0 saturated carbocycles. The Morgan fingerprint density at radius 3 is 2.70 bits per heavy atom. The van der Waals surface area contributed by atoms with E-state index in [4.69, 9.17) is 9.47 Å². The number of carbonyl (C=O) groups is 1. The van der Waals surface area contributed by atoms with Crippen LogP contribution in [0.1, 0.15) is 17.4 Å². The summed E-state index contributed by atoms with van der Waals surface area (Å²) in [5, 5.41) is 3.17. The summed E-state index contributed by atoms with van der Waals surface area (Å²) in [6, 6.07) is 16.7. The summed E-state index contributed by atoms with van der Waals surface area (Å²) in [5.41, 5.74) is 1.93. The Bertz CT molecular complexity index is 962. The van der Waals surface area contributed by atoms with Gasteiger partial charge in [0, 0.05) is 30.1 Å². The number of aromatic nitrogens is 2. The Morgan fingerprint density at radius 2 is 1.89 bits per heavy atom. The molecule has 1 aliphatic heterocycles. The second-order valence-corrected chi connectivity index (χ2v) is 5.87. The maximum Gasteiger partial charge on any atom is 0.277 e. The molecule has 0 atom stereocenters. The molecule has 1 aromatic heterocycles. The van der Waals surface area contributed by atoms with Crippen LogP contribution in [0.15, 0.2) is 60.9 Å². The Labute approximate surface area is 156 Å². The molecule has 3 aromatic rings. The first kappa shape index (κ1) is 16.8. The predicted octanol–water partition coefficient (Wildman–Crippen LogP) is 3.62. The lowest BCUT2D eigenvalue weighted by atomic mass is 10.2. The molecule has 7 heteroatoms. The molecule has 0 spiro atoms. The summed E-state index contributed by atoms with van der Waals surface area (Å²) >= 11 is 0. The maximum atomic E-state index is 12.9. The molecule has 1 N–H and O–H groups in total. The third kappa shape index (κ3) is 3.52. The first-order valence-corrected chi connectivity index (χ1v) is 8.60. The van der Waals surface area contributed by atoms with Crippen molar-refractivity contribution in [3.63, 3.8) is 0 Å². The zero-order chi connectivity index (χ0) is 18.6. The number of nitrogens with one attached hydrogen (secondary N) is 1. The van der Waals surface area contributed by atoms with E-state index in [0.717, 1.165) is 11.4 Å². The highest BCUT2D eigenvalue weighted by molar-refractivity contribution is 6.05. The van der Waals surface area contributed by atoms with Gasteiger partial charge in [0.15, 0.2) is 11.5 Å². The fraction of sp³-hybridized carbons (Fsp3) is 0.150. The molecule has 0 saturated heterocycles. The van der Waals surface area contributed by atoms with Crippen molar-refractivity contribution in [1.29, 1.82) is 0 Å². The van der Waals surface area contributed by atoms with E-state index >= 15 is 0 Å². The van der Waals surface area contributed by atoms with Gasteiger partial charge in [-0.15, -0.1) is 0 Å². The van der Waals surface area contributed by atoms with Crippen LogP contribution in [-0.2, 0) is 0 Å². The molecular weight excluding hydrogens is 344 g/mol. The molecule has 0 aliphatic carbocycles. The van der Waals surface area contributed by atoms with Gasteiger partial charge in [0.05, 0.1) is 0 Å². The van der Waals surface area contributed by atoms with Crippen LogP contribution in [0.25, 0.3) is 0 Å². The van der Waals surface area contributed by atoms with Gasteiger partial charge in [0.2, 0.25) is 6.79 Å². The Morgan fingerprint density at radius 1 is 1.07 bits per heavy atom. The van der Waals surface area contributed by atoms with Crippen LogP contribution < -0.4 is 19.7 Å². The van der Waals surface area contributed by atoms with Crippen molar-refractivity contribution in [1.82, 2.24) is 9.97 Å². The maximum absolute atomic E-state index is 12.9. The Kier molecular flexibility index (Phi) is 4.57. The number of anilines is 3. The van der Waals surface area contributed by atoms with Crippen LogP contribution in [0, 0.1) is 0 Å². The van der Waals surface area contributed by atoms with Gasteiger partial charge in [-0.3, -0.25) is 4.79 Å². The number of rotatable bonds is 5. The van der Waals surface area contributed by atoms with Crippen LogP contribution in [0.3, 0.4) is 0 Å². The lowest BCUT2D eigenvalue weighted by Crippen LogP contribution is -2.31. The second kappa shape index (κ2) is 7.33. The first-order valence-electron chi connectivity index (χ1n) is 8.60. The van der Waals surface area contributed by atoms with E-state index in [1.54, 1.807) is 11.0 Å². The molecule has 1 aliphatic rings. The molecular formula is C20H18N4O3. The highest BCUT2D eigenvalue weighted by atomic mass is 16.7. The van der Waals surface area contributed by atoms with Crippen molar-refractivity contribution in [3.05, 3.63) is 66.6 Å². The van der Waals surface area contributed by atoms with Crippen molar-refractivity contribution >= 4 is 23.1 Å². The number of hydrogen-bond acceptors (Lipinski definition) is 6. The number of hydrogen-bond donors (Lipinski definition) is 1. The molecule has 0 radical (unpaired) electrons. The van der Waals surface area contributed by atoms with Crippen molar-refractivity contribution in [2.45, 2.75) is 6.92 Å². The normalized spacial score (nSPS) is 11.9. The molecule has 7 nitrogen and oxygen atoms in total. The van der Waals surface area contributed by atoms with Crippen molar-refractivity contribution in [2.75, 3.05) is 23.6 Å². The molecule has 27 heavy (non-hydrogen) atoms. The third-order valence-corrected chi connectivity index (χ3v) is 4.16. The first-order chi connectivity index (χ1) is 13.2. The summed E-state index contributed by atoms with van der Waals surface area (Å²) in [5.74, 6) is 1.73. The summed E-state index contributed by atoms with van der Waals surface area (Å²) in [4.78, 5) is 22.9. The molecule has 0 fully saturated rings.